The molecule has 0 saturated carbocycles. The average Bonchev–Trinajstić information content (AvgIpc) is 3.46. The number of piperidine rings is 1. The Labute approximate surface area is 175 Å². The van der Waals surface area contributed by atoms with Crippen LogP contribution in [0.3, 0.4) is 0 Å². The average molecular weight is 403 g/mol. The van der Waals surface area contributed by atoms with Crippen LogP contribution in [0, 0.1) is 0 Å². The van der Waals surface area contributed by atoms with Gasteiger partial charge in [-0.25, -0.2) is 0 Å². The number of hydrogen-bond donors (Lipinski definition) is 1. The molecule has 1 atom stereocenters. The number of ether oxygens (including phenoxy) is 1. The highest BCUT2D eigenvalue weighted by Crippen LogP contribution is 2.35. The first-order chi connectivity index (χ1) is 14.7. The van der Waals surface area contributed by atoms with Crippen LogP contribution in [0.2, 0.25) is 0 Å². The fourth-order valence-electron chi connectivity index (χ4n) is 4.51. The molecule has 2 aliphatic rings. The summed E-state index contributed by atoms with van der Waals surface area (Å²) in [7, 11) is 1.69. The van der Waals surface area contributed by atoms with E-state index >= 15 is 0 Å². The lowest BCUT2D eigenvalue weighted by atomic mass is 9.89. The predicted molar refractivity (Wildman–Crippen MR) is 116 cm³/mol. The number of aromatic amines is 1. The molecule has 2 aliphatic heterocycles. The molecule has 3 aromatic rings. The SMILES string of the molecule is COc1ccc2[nH]cc(C3CCN(C(=O)C4CC(c5ccccc5)=NO4)CC3)c2c1. The van der Waals surface area contributed by atoms with E-state index in [1.165, 1.54) is 10.9 Å². The van der Waals surface area contributed by atoms with Crippen LogP contribution in [0.1, 0.15) is 36.3 Å². The Hall–Kier alpha value is -3.28. The third kappa shape index (κ3) is 3.43. The molecular weight excluding hydrogens is 378 g/mol. The van der Waals surface area contributed by atoms with Gasteiger partial charge in [0.1, 0.15) is 5.75 Å². The molecule has 1 N–H and O–H groups in total. The molecule has 6 nitrogen and oxygen atoms in total. The van der Waals surface area contributed by atoms with Gasteiger partial charge in [-0.05, 0) is 48.1 Å². The van der Waals surface area contributed by atoms with Crippen molar-refractivity contribution in [3.8, 4) is 5.75 Å². The molecule has 1 fully saturated rings. The van der Waals surface area contributed by atoms with E-state index in [2.05, 4.69) is 28.5 Å². The first-order valence-corrected chi connectivity index (χ1v) is 10.4. The minimum Gasteiger partial charge on any atom is -0.497 e. The summed E-state index contributed by atoms with van der Waals surface area (Å²) in [6.45, 7) is 1.47. The molecule has 5 rings (SSSR count). The summed E-state index contributed by atoms with van der Waals surface area (Å²) in [4.78, 5) is 23.8. The largest absolute Gasteiger partial charge is 0.497 e. The number of hydrogen-bond acceptors (Lipinski definition) is 4. The van der Waals surface area contributed by atoms with E-state index in [0.29, 0.717) is 12.3 Å². The maximum Gasteiger partial charge on any atom is 0.266 e. The summed E-state index contributed by atoms with van der Waals surface area (Å²) in [5, 5.41) is 5.37. The van der Waals surface area contributed by atoms with Gasteiger partial charge in [0.2, 0.25) is 6.10 Å². The molecule has 2 aromatic carbocycles. The Morgan fingerprint density at radius 3 is 2.73 bits per heavy atom. The van der Waals surface area contributed by atoms with Gasteiger partial charge in [0.05, 0.1) is 12.8 Å². The molecule has 1 aromatic heterocycles. The summed E-state index contributed by atoms with van der Waals surface area (Å²) >= 11 is 0. The number of likely N-dealkylation sites (tertiary alicyclic amines) is 1. The van der Waals surface area contributed by atoms with Crippen LogP contribution in [-0.2, 0) is 9.63 Å². The van der Waals surface area contributed by atoms with Crippen molar-refractivity contribution in [3.05, 3.63) is 65.9 Å². The topological polar surface area (TPSA) is 66.9 Å². The van der Waals surface area contributed by atoms with Crippen LogP contribution in [0.15, 0.2) is 59.9 Å². The third-order valence-electron chi connectivity index (χ3n) is 6.22. The second-order valence-corrected chi connectivity index (χ2v) is 7.96. The van der Waals surface area contributed by atoms with Crippen LogP contribution in [0.5, 0.6) is 5.75 Å². The molecule has 0 spiro atoms. The highest BCUT2D eigenvalue weighted by atomic mass is 16.6. The molecule has 6 heteroatoms. The number of nitrogens with zero attached hydrogens (tertiary/aromatic N) is 2. The number of rotatable bonds is 4. The lowest BCUT2D eigenvalue weighted by molar-refractivity contribution is -0.143. The second-order valence-electron chi connectivity index (χ2n) is 7.96. The number of benzene rings is 2. The Bertz CT molecular complexity index is 1080. The van der Waals surface area contributed by atoms with E-state index in [-0.39, 0.29) is 5.91 Å². The fraction of sp³-hybridized carbons (Fsp3) is 0.333. The van der Waals surface area contributed by atoms with Gasteiger partial charge in [-0.3, -0.25) is 4.79 Å². The zero-order chi connectivity index (χ0) is 20.5. The Kier molecular flexibility index (Phi) is 4.91. The van der Waals surface area contributed by atoms with E-state index in [1.807, 2.05) is 41.3 Å². The molecule has 3 heterocycles. The number of H-pyrrole nitrogens is 1. The number of methoxy groups -OCH3 is 1. The number of nitrogens with one attached hydrogen (secondary N) is 1. The Balaban J connectivity index is 1.22. The van der Waals surface area contributed by atoms with Crippen LogP contribution in [0.4, 0.5) is 0 Å². The molecule has 30 heavy (non-hydrogen) atoms. The molecule has 0 bridgehead atoms. The van der Waals surface area contributed by atoms with Crippen molar-refractivity contribution in [2.45, 2.75) is 31.3 Å². The highest BCUT2D eigenvalue weighted by molar-refractivity contribution is 6.04. The quantitative estimate of drug-likeness (QED) is 0.714. The number of amides is 1. The van der Waals surface area contributed by atoms with Gasteiger partial charge in [-0.2, -0.15) is 0 Å². The van der Waals surface area contributed by atoms with Gasteiger partial charge >= 0.3 is 0 Å². The third-order valence-corrected chi connectivity index (χ3v) is 6.22. The summed E-state index contributed by atoms with van der Waals surface area (Å²) in [6.07, 6.45) is 4.01. The molecular formula is C24H25N3O3. The van der Waals surface area contributed by atoms with Crippen molar-refractivity contribution in [1.29, 1.82) is 0 Å². The number of carbonyl (C=O) groups excluding carboxylic acids is 1. The van der Waals surface area contributed by atoms with Gasteiger partial charge in [0, 0.05) is 36.6 Å². The zero-order valence-electron chi connectivity index (χ0n) is 17.0. The molecule has 0 aliphatic carbocycles. The molecule has 1 amide bonds. The normalized spacial score (nSPS) is 19.6. The van der Waals surface area contributed by atoms with E-state index in [0.717, 1.165) is 48.5 Å². The smallest absolute Gasteiger partial charge is 0.266 e. The minimum atomic E-state index is -0.505. The van der Waals surface area contributed by atoms with E-state index < -0.39 is 6.10 Å². The van der Waals surface area contributed by atoms with E-state index in [1.54, 1.807) is 7.11 Å². The van der Waals surface area contributed by atoms with Gasteiger partial charge in [0.15, 0.2) is 0 Å². The first kappa shape index (κ1) is 18.7. The standard InChI is InChI=1S/C24H25N3O3/c1-29-18-7-8-21-19(13-18)20(15-25-21)16-9-11-27(12-10-16)24(28)23-14-22(26-30-23)17-5-3-2-4-6-17/h2-8,13,15-16,23,25H,9-12,14H2,1H3. The van der Waals surface area contributed by atoms with Crippen molar-refractivity contribution in [3.63, 3.8) is 0 Å². The Morgan fingerprint density at radius 2 is 1.97 bits per heavy atom. The van der Waals surface area contributed by atoms with Crippen molar-refractivity contribution in [2.24, 2.45) is 5.16 Å². The van der Waals surface area contributed by atoms with Crippen molar-refractivity contribution >= 4 is 22.5 Å². The predicted octanol–water partition coefficient (Wildman–Crippen LogP) is 4.08. The maximum absolute atomic E-state index is 13.0. The van der Waals surface area contributed by atoms with Crippen LogP contribution in [-0.4, -0.2) is 47.8 Å². The number of carbonyl (C=O) groups is 1. The first-order valence-electron chi connectivity index (χ1n) is 10.4. The summed E-state index contributed by atoms with van der Waals surface area (Å²) < 4.78 is 5.39. The number of fused-ring (bicyclic) bond motifs is 1. The lowest BCUT2D eigenvalue weighted by Gasteiger charge is -2.33. The van der Waals surface area contributed by atoms with E-state index in [4.69, 9.17) is 9.57 Å². The summed E-state index contributed by atoms with van der Waals surface area (Å²) in [5.41, 5.74) is 4.29. The Morgan fingerprint density at radius 1 is 1.17 bits per heavy atom. The highest BCUT2D eigenvalue weighted by Gasteiger charge is 2.34. The zero-order valence-corrected chi connectivity index (χ0v) is 17.0. The van der Waals surface area contributed by atoms with Gasteiger partial charge in [0.25, 0.3) is 5.91 Å². The monoisotopic (exact) mass is 403 g/mol. The maximum atomic E-state index is 13.0. The lowest BCUT2D eigenvalue weighted by Crippen LogP contribution is -2.43. The van der Waals surface area contributed by atoms with Crippen LogP contribution < -0.4 is 4.74 Å². The van der Waals surface area contributed by atoms with Crippen molar-refractivity contribution in [2.75, 3.05) is 20.2 Å². The van der Waals surface area contributed by atoms with Crippen molar-refractivity contribution < 1.29 is 14.4 Å². The molecule has 1 saturated heterocycles. The molecule has 0 radical (unpaired) electrons. The minimum absolute atomic E-state index is 0.0451. The van der Waals surface area contributed by atoms with Crippen LogP contribution in [0.25, 0.3) is 10.9 Å². The van der Waals surface area contributed by atoms with Crippen molar-refractivity contribution in [1.82, 2.24) is 9.88 Å². The van der Waals surface area contributed by atoms with Gasteiger partial charge in [-0.1, -0.05) is 35.5 Å². The second kappa shape index (κ2) is 7.86. The number of aromatic nitrogens is 1. The van der Waals surface area contributed by atoms with Crippen LogP contribution >= 0.6 is 0 Å². The summed E-state index contributed by atoms with van der Waals surface area (Å²) in [5.74, 6) is 1.34. The number of oxime groups is 1. The van der Waals surface area contributed by atoms with E-state index in [9.17, 15) is 4.79 Å². The summed E-state index contributed by atoms with van der Waals surface area (Å²) in [6, 6.07) is 16.0. The van der Waals surface area contributed by atoms with Gasteiger partial charge < -0.3 is 19.5 Å². The molecule has 154 valence electrons. The fourth-order valence-corrected chi connectivity index (χ4v) is 4.51. The molecule has 1 unspecified atom stereocenters. The van der Waals surface area contributed by atoms with Gasteiger partial charge in [-0.15, -0.1) is 0 Å².